The fraction of sp³-hybridized carbons (Fsp3) is 0.357. The first-order chi connectivity index (χ1) is 8.69. The van der Waals surface area contributed by atoms with Gasteiger partial charge in [0.2, 0.25) is 0 Å². The second kappa shape index (κ2) is 7.46. The molecule has 0 radical (unpaired) electrons. The van der Waals surface area contributed by atoms with Crippen LogP contribution < -0.4 is 5.32 Å². The summed E-state index contributed by atoms with van der Waals surface area (Å²) >= 11 is 0. The molecule has 0 aliphatic carbocycles. The lowest BCUT2D eigenvalue weighted by molar-refractivity contribution is 0.0953. The fourth-order valence-corrected chi connectivity index (χ4v) is 1.31. The Bertz CT molecular complexity index is 474. The summed E-state index contributed by atoms with van der Waals surface area (Å²) in [5.74, 6) is 4.43. The first-order valence-corrected chi connectivity index (χ1v) is 5.86. The molecule has 4 heteroatoms. The molecule has 0 heterocycles. The molecule has 1 aromatic rings. The van der Waals surface area contributed by atoms with E-state index in [-0.39, 0.29) is 23.6 Å². The zero-order valence-electron chi connectivity index (χ0n) is 10.3. The molecule has 1 amide bonds. The summed E-state index contributed by atoms with van der Waals surface area (Å²) in [5.41, 5.74) is 0.518. The van der Waals surface area contributed by atoms with Crippen LogP contribution in [0.4, 0.5) is 4.39 Å². The molecule has 96 valence electrons. The number of rotatable bonds is 4. The van der Waals surface area contributed by atoms with Gasteiger partial charge in [0.05, 0.1) is 12.2 Å². The van der Waals surface area contributed by atoms with Crippen molar-refractivity contribution in [3.8, 4) is 11.8 Å². The van der Waals surface area contributed by atoms with E-state index >= 15 is 0 Å². The van der Waals surface area contributed by atoms with Crippen LogP contribution in [0.25, 0.3) is 0 Å². The minimum Gasteiger partial charge on any atom is -0.395 e. The highest BCUT2D eigenvalue weighted by molar-refractivity contribution is 5.94. The van der Waals surface area contributed by atoms with Crippen molar-refractivity contribution in [2.75, 3.05) is 13.2 Å². The van der Waals surface area contributed by atoms with Gasteiger partial charge in [-0.3, -0.25) is 4.79 Å². The van der Waals surface area contributed by atoms with Crippen molar-refractivity contribution >= 4 is 5.91 Å². The van der Waals surface area contributed by atoms with Gasteiger partial charge < -0.3 is 10.4 Å². The van der Waals surface area contributed by atoms with E-state index in [0.717, 1.165) is 6.42 Å². The van der Waals surface area contributed by atoms with Gasteiger partial charge in [-0.05, 0) is 24.6 Å². The third-order valence-electron chi connectivity index (χ3n) is 2.23. The van der Waals surface area contributed by atoms with E-state index < -0.39 is 5.82 Å². The van der Waals surface area contributed by atoms with Gasteiger partial charge in [0, 0.05) is 18.5 Å². The van der Waals surface area contributed by atoms with E-state index in [2.05, 4.69) is 17.2 Å². The zero-order chi connectivity index (χ0) is 13.4. The Morgan fingerprint density at radius 3 is 2.89 bits per heavy atom. The predicted molar refractivity (Wildman–Crippen MR) is 67.6 cm³/mol. The zero-order valence-corrected chi connectivity index (χ0v) is 10.3. The minimum atomic E-state index is -0.524. The number of carbonyl (C=O) groups excluding carboxylic acids is 1. The lowest BCUT2D eigenvalue weighted by Gasteiger charge is -2.04. The summed E-state index contributed by atoms with van der Waals surface area (Å²) in [6, 6.07) is 4.19. The van der Waals surface area contributed by atoms with Crippen molar-refractivity contribution < 1.29 is 14.3 Å². The molecule has 0 aliphatic heterocycles. The Balaban J connectivity index is 2.80. The first kappa shape index (κ1) is 14.2. The average Bonchev–Trinajstić information content (AvgIpc) is 2.38. The number of halogens is 1. The minimum absolute atomic E-state index is 0.0495. The van der Waals surface area contributed by atoms with Gasteiger partial charge >= 0.3 is 0 Å². The lowest BCUT2D eigenvalue weighted by atomic mass is 10.1. The van der Waals surface area contributed by atoms with E-state index in [0.29, 0.717) is 13.0 Å². The Morgan fingerprint density at radius 2 is 2.28 bits per heavy atom. The van der Waals surface area contributed by atoms with Crippen LogP contribution in [0.15, 0.2) is 18.2 Å². The predicted octanol–water partition coefficient (Wildman–Crippen LogP) is 1.70. The van der Waals surface area contributed by atoms with Crippen molar-refractivity contribution in [1.29, 1.82) is 0 Å². The number of hydrogen-bond donors (Lipinski definition) is 2. The van der Waals surface area contributed by atoms with Crippen LogP contribution in [0.2, 0.25) is 0 Å². The van der Waals surface area contributed by atoms with Crippen LogP contribution in [-0.2, 0) is 0 Å². The molecule has 0 spiro atoms. The third kappa shape index (κ3) is 4.19. The quantitative estimate of drug-likeness (QED) is 0.798. The summed E-state index contributed by atoms with van der Waals surface area (Å²) in [4.78, 5) is 11.6. The number of aliphatic hydroxyl groups is 1. The van der Waals surface area contributed by atoms with Gasteiger partial charge in [-0.1, -0.05) is 18.8 Å². The van der Waals surface area contributed by atoms with Crippen LogP contribution in [0.1, 0.15) is 35.7 Å². The summed E-state index contributed by atoms with van der Waals surface area (Å²) in [6.45, 7) is 2.46. The van der Waals surface area contributed by atoms with E-state index in [1.54, 1.807) is 0 Å². The first-order valence-electron chi connectivity index (χ1n) is 5.86. The maximum atomic E-state index is 13.6. The van der Waals surface area contributed by atoms with Gasteiger partial charge in [0.1, 0.15) is 5.82 Å². The maximum Gasteiger partial charge on any atom is 0.251 e. The summed E-state index contributed by atoms with van der Waals surface area (Å²) in [5, 5.41) is 11.2. The maximum absolute atomic E-state index is 13.6. The SMILES string of the molecule is CCCNC(=O)c1ccc(C#CCCO)c(F)c1. The topological polar surface area (TPSA) is 49.3 Å². The Labute approximate surface area is 106 Å². The number of aliphatic hydroxyl groups excluding tert-OH is 1. The van der Waals surface area contributed by atoms with Crippen molar-refractivity contribution in [3.05, 3.63) is 35.1 Å². The Morgan fingerprint density at radius 1 is 1.50 bits per heavy atom. The molecule has 3 nitrogen and oxygen atoms in total. The fourth-order valence-electron chi connectivity index (χ4n) is 1.31. The van der Waals surface area contributed by atoms with E-state index in [4.69, 9.17) is 5.11 Å². The lowest BCUT2D eigenvalue weighted by Crippen LogP contribution is -2.24. The highest BCUT2D eigenvalue weighted by atomic mass is 19.1. The van der Waals surface area contributed by atoms with Gasteiger partial charge in [0.15, 0.2) is 0 Å². The van der Waals surface area contributed by atoms with Crippen LogP contribution >= 0.6 is 0 Å². The van der Waals surface area contributed by atoms with Gasteiger partial charge in [-0.15, -0.1) is 0 Å². The van der Waals surface area contributed by atoms with Gasteiger partial charge in [-0.2, -0.15) is 0 Å². The molecule has 0 atom stereocenters. The Hall–Kier alpha value is -1.86. The molecule has 0 saturated heterocycles. The third-order valence-corrected chi connectivity index (χ3v) is 2.23. The van der Waals surface area contributed by atoms with Crippen LogP contribution in [0.3, 0.4) is 0 Å². The van der Waals surface area contributed by atoms with Crippen molar-refractivity contribution in [2.24, 2.45) is 0 Å². The van der Waals surface area contributed by atoms with Crippen LogP contribution in [0, 0.1) is 17.7 Å². The summed E-state index contributed by atoms with van der Waals surface area (Å²) in [7, 11) is 0. The monoisotopic (exact) mass is 249 g/mol. The van der Waals surface area contributed by atoms with Crippen molar-refractivity contribution in [2.45, 2.75) is 19.8 Å². The molecular weight excluding hydrogens is 233 g/mol. The van der Waals surface area contributed by atoms with Crippen molar-refractivity contribution in [3.63, 3.8) is 0 Å². The molecule has 0 aromatic heterocycles. The number of nitrogens with one attached hydrogen (secondary N) is 1. The second-order valence-electron chi connectivity index (χ2n) is 3.73. The van der Waals surface area contributed by atoms with Gasteiger partial charge in [-0.25, -0.2) is 4.39 Å². The van der Waals surface area contributed by atoms with E-state index in [1.807, 2.05) is 6.92 Å². The Kier molecular flexibility index (Phi) is 5.89. The molecular formula is C14H16FNO2. The smallest absolute Gasteiger partial charge is 0.251 e. The number of amides is 1. The van der Waals surface area contributed by atoms with Crippen LogP contribution in [-0.4, -0.2) is 24.2 Å². The summed E-state index contributed by atoms with van der Waals surface area (Å²) < 4.78 is 13.6. The molecule has 0 fully saturated rings. The molecule has 2 N–H and O–H groups in total. The molecule has 1 rings (SSSR count). The van der Waals surface area contributed by atoms with Crippen molar-refractivity contribution in [1.82, 2.24) is 5.32 Å². The van der Waals surface area contributed by atoms with Gasteiger partial charge in [0.25, 0.3) is 5.91 Å². The normalized spacial score (nSPS) is 9.50. The molecule has 0 bridgehead atoms. The number of benzene rings is 1. The summed E-state index contributed by atoms with van der Waals surface area (Å²) in [6.07, 6.45) is 1.14. The number of carbonyl (C=O) groups is 1. The molecule has 0 aliphatic rings. The van der Waals surface area contributed by atoms with E-state index in [1.165, 1.54) is 18.2 Å². The molecule has 0 saturated carbocycles. The molecule has 1 aromatic carbocycles. The molecule has 0 unspecified atom stereocenters. The average molecular weight is 249 g/mol. The van der Waals surface area contributed by atoms with E-state index in [9.17, 15) is 9.18 Å². The van der Waals surface area contributed by atoms with Crippen LogP contribution in [0.5, 0.6) is 0 Å². The highest BCUT2D eigenvalue weighted by Gasteiger charge is 2.07. The standard InChI is InChI=1S/C14H16FNO2/c1-2-8-16-14(18)12-7-6-11(13(15)10-12)5-3-4-9-17/h6-7,10,17H,2,4,8-9H2,1H3,(H,16,18). The second-order valence-corrected chi connectivity index (χ2v) is 3.73. The largest absolute Gasteiger partial charge is 0.395 e. The highest BCUT2D eigenvalue weighted by Crippen LogP contribution is 2.09. The number of hydrogen-bond acceptors (Lipinski definition) is 2. The molecule has 18 heavy (non-hydrogen) atoms.